The minimum Gasteiger partial charge on any atom is -0.496 e. The van der Waals surface area contributed by atoms with Crippen LogP contribution in [0.25, 0.3) is 0 Å². The smallest absolute Gasteiger partial charge is 0.338 e. The maximum absolute atomic E-state index is 12.2. The molecule has 0 saturated heterocycles. The topological polar surface area (TPSA) is 122 Å². The van der Waals surface area contributed by atoms with Crippen molar-refractivity contribution in [3.8, 4) is 5.75 Å². The average Bonchev–Trinajstić information content (AvgIpc) is 2.70. The molecule has 0 bridgehead atoms. The van der Waals surface area contributed by atoms with E-state index in [4.69, 9.17) is 9.47 Å². The number of para-hydroxylation sites is 1. The first kappa shape index (κ1) is 19.6. The number of methoxy groups -OCH3 is 2. The fourth-order valence-corrected chi connectivity index (χ4v) is 2.24. The average molecular weight is 373 g/mol. The number of benzene rings is 2. The van der Waals surface area contributed by atoms with Gasteiger partial charge in [0.25, 0.3) is 5.69 Å². The molecule has 0 saturated carbocycles. The van der Waals surface area contributed by atoms with Crippen molar-refractivity contribution in [1.82, 2.24) is 0 Å². The number of ether oxygens (including phenoxy) is 3. The molecule has 140 valence electrons. The third-order valence-corrected chi connectivity index (χ3v) is 3.53. The van der Waals surface area contributed by atoms with Crippen molar-refractivity contribution in [2.45, 2.75) is 0 Å². The van der Waals surface area contributed by atoms with Crippen LogP contribution in [-0.2, 0) is 9.47 Å². The molecule has 0 heterocycles. The van der Waals surface area contributed by atoms with Crippen molar-refractivity contribution in [2.24, 2.45) is 0 Å². The van der Waals surface area contributed by atoms with Gasteiger partial charge < -0.3 is 14.2 Å². The summed E-state index contributed by atoms with van der Waals surface area (Å²) in [4.78, 5) is 46.3. The lowest BCUT2D eigenvalue weighted by Gasteiger charge is -2.08. The highest BCUT2D eigenvalue weighted by molar-refractivity contribution is 6.02. The second-order valence-corrected chi connectivity index (χ2v) is 5.22. The molecule has 0 spiro atoms. The molecule has 0 aliphatic rings. The lowest BCUT2D eigenvalue weighted by molar-refractivity contribution is -0.384. The molecule has 27 heavy (non-hydrogen) atoms. The van der Waals surface area contributed by atoms with Gasteiger partial charge in [-0.3, -0.25) is 14.9 Å². The fraction of sp³-hybridized carbons (Fsp3) is 0.167. The van der Waals surface area contributed by atoms with Crippen LogP contribution in [0.3, 0.4) is 0 Å². The maximum atomic E-state index is 12.2. The number of esters is 2. The number of non-ortho nitro benzene ring substituents is 1. The first-order valence-electron chi connectivity index (χ1n) is 7.58. The highest BCUT2D eigenvalue weighted by atomic mass is 16.6. The van der Waals surface area contributed by atoms with E-state index in [1.54, 1.807) is 18.2 Å². The number of nitro benzene ring substituents is 1. The molecule has 2 rings (SSSR count). The Morgan fingerprint density at radius 2 is 1.63 bits per heavy atom. The first-order valence-corrected chi connectivity index (χ1v) is 7.58. The minimum atomic E-state index is -0.993. The molecule has 0 aliphatic carbocycles. The molecule has 0 radical (unpaired) electrons. The summed E-state index contributed by atoms with van der Waals surface area (Å²) in [6.45, 7) is -0.602. The molecular formula is C18H15NO8. The normalized spacial score (nSPS) is 10.0. The number of rotatable bonds is 7. The number of nitrogens with zero attached hydrogens (tertiary/aromatic N) is 1. The molecule has 2 aromatic carbocycles. The molecule has 0 fully saturated rings. The highest BCUT2D eigenvalue weighted by Crippen LogP contribution is 2.20. The zero-order valence-corrected chi connectivity index (χ0v) is 14.5. The zero-order valence-electron chi connectivity index (χ0n) is 14.5. The summed E-state index contributed by atoms with van der Waals surface area (Å²) in [5, 5.41) is 11.0. The van der Waals surface area contributed by atoms with Crippen molar-refractivity contribution in [3.63, 3.8) is 0 Å². The third kappa shape index (κ3) is 4.66. The van der Waals surface area contributed by atoms with E-state index in [-0.39, 0.29) is 16.7 Å². The van der Waals surface area contributed by atoms with Crippen LogP contribution >= 0.6 is 0 Å². The maximum Gasteiger partial charge on any atom is 0.338 e. The lowest BCUT2D eigenvalue weighted by Crippen LogP contribution is -2.16. The number of ketones is 1. The van der Waals surface area contributed by atoms with Gasteiger partial charge in [-0.2, -0.15) is 0 Å². The van der Waals surface area contributed by atoms with Gasteiger partial charge in [0, 0.05) is 12.1 Å². The summed E-state index contributed by atoms with van der Waals surface area (Å²) < 4.78 is 14.5. The monoisotopic (exact) mass is 373 g/mol. The number of hydrogen-bond donors (Lipinski definition) is 0. The van der Waals surface area contributed by atoms with E-state index in [1.165, 1.54) is 13.2 Å². The van der Waals surface area contributed by atoms with Gasteiger partial charge in [-0.25, -0.2) is 9.59 Å². The second-order valence-electron chi connectivity index (χ2n) is 5.22. The van der Waals surface area contributed by atoms with Crippen LogP contribution in [0.4, 0.5) is 5.69 Å². The van der Waals surface area contributed by atoms with Crippen molar-refractivity contribution in [1.29, 1.82) is 0 Å². The molecule has 9 nitrogen and oxygen atoms in total. The Balaban J connectivity index is 2.20. The van der Waals surface area contributed by atoms with Crippen LogP contribution in [-0.4, -0.2) is 43.5 Å². The van der Waals surface area contributed by atoms with E-state index in [0.717, 1.165) is 25.3 Å². The summed E-state index contributed by atoms with van der Waals surface area (Å²) in [6, 6.07) is 9.41. The van der Waals surface area contributed by atoms with Gasteiger partial charge in [0.2, 0.25) is 5.78 Å². The number of hydrogen-bond acceptors (Lipinski definition) is 8. The van der Waals surface area contributed by atoms with Gasteiger partial charge >= 0.3 is 11.9 Å². The number of carbonyl (C=O) groups excluding carboxylic acids is 3. The van der Waals surface area contributed by atoms with Crippen LogP contribution in [0.15, 0.2) is 42.5 Å². The Hall–Kier alpha value is -3.75. The fourth-order valence-electron chi connectivity index (χ4n) is 2.24. The van der Waals surface area contributed by atoms with Crippen LogP contribution in [0.2, 0.25) is 0 Å². The number of nitro groups is 1. The molecule has 0 N–H and O–H groups in total. The van der Waals surface area contributed by atoms with E-state index in [2.05, 4.69) is 4.74 Å². The van der Waals surface area contributed by atoms with Gasteiger partial charge in [-0.15, -0.1) is 0 Å². The second kappa shape index (κ2) is 8.56. The molecule has 2 aromatic rings. The summed E-state index contributed by atoms with van der Waals surface area (Å²) in [7, 11) is 2.50. The third-order valence-electron chi connectivity index (χ3n) is 3.53. The quantitative estimate of drug-likeness (QED) is 0.314. The van der Waals surface area contributed by atoms with Crippen LogP contribution < -0.4 is 4.74 Å². The zero-order chi connectivity index (χ0) is 20.0. The molecule has 0 atom stereocenters. The summed E-state index contributed by atoms with van der Waals surface area (Å²) in [5.74, 6) is -2.04. The Morgan fingerprint density at radius 3 is 2.22 bits per heavy atom. The van der Waals surface area contributed by atoms with E-state index in [1.807, 2.05) is 0 Å². The Labute approximate surface area is 153 Å². The van der Waals surface area contributed by atoms with Gasteiger partial charge in [0.1, 0.15) is 5.75 Å². The van der Waals surface area contributed by atoms with Gasteiger partial charge in [0.05, 0.1) is 35.8 Å². The molecule has 0 amide bonds. The predicted octanol–water partition coefficient (Wildman–Crippen LogP) is 2.43. The number of Topliss-reactive ketones (excluding diaryl/α,β-unsaturated/α-hetero) is 1. The summed E-state index contributed by atoms with van der Waals surface area (Å²) in [6.07, 6.45) is 0. The Kier molecular flexibility index (Phi) is 6.21. The molecule has 9 heteroatoms. The van der Waals surface area contributed by atoms with Crippen molar-refractivity contribution in [2.75, 3.05) is 20.8 Å². The molecule has 0 aromatic heterocycles. The highest BCUT2D eigenvalue weighted by Gasteiger charge is 2.20. The van der Waals surface area contributed by atoms with E-state index in [9.17, 15) is 24.5 Å². The van der Waals surface area contributed by atoms with E-state index < -0.39 is 34.9 Å². The molecule has 0 unspecified atom stereocenters. The van der Waals surface area contributed by atoms with E-state index in [0.29, 0.717) is 5.75 Å². The number of carbonyl (C=O) groups is 3. The first-order chi connectivity index (χ1) is 12.9. The van der Waals surface area contributed by atoms with Crippen LogP contribution in [0.5, 0.6) is 5.75 Å². The van der Waals surface area contributed by atoms with Gasteiger partial charge in [-0.1, -0.05) is 12.1 Å². The van der Waals surface area contributed by atoms with Gasteiger partial charge in [0.15, 0.2) is 6.61 Å². The predicted molar refractivity (Wildman–Crippen MR) is 92.0 cm³/mol. The molecule has 0 aliphatic heterocycles. The van der Waals surface area contributed by atoms with E-state index >= 15 is 0 Å². The molecular weight excluding hydrogens is 358 g/mol. The van der Waals surface area contributed by atoms with Crippen molar-refractivity contribution in [3.05, 3.63) is 69.3 Å². The van der Waals surface area contributed by atoms with Crippen molar-refractivity contribution >= 4 is 23.4 Å². The van der Waals surface area contributed by atoms with Crippen molar-refractivity contribution < 1.29 is 33.5 Å². The van der Waals surface area contributed by atoms with Gasteiger partial charge in [-0.05, 0) is 18.2 Å². The summed E-state index contributed by atoms with van der Waals surface area (Å²) in [5.41, 5.74) is -0.699. The van der Waals surface area contributed by atoms with Crippen LogP contribution in [0, 0.1) is 10.1 Å². The largest absolute Gasteiger partial charge is 0.496 e. The minimum absolute atomic E-state index is 0.185. The Bertz CT molecular complexity index is 906. The standard InChI is InChI=1S/C18H15NO8/c1-25-16-6-4-3-5-14(16)15(20)10-27-18(22)12-7-11(17(21)26-2)8-13(9-12)19(23)24/h3-9H,10H2,1-2H3. The SMILES string of the molecule is COC(=O)c1cc(C(=O)OCC(=O)c2ccccc2OC)cc([N+](=O)[O-])c1. The summed E-state index contributed by atoms with van der Waals surface area (Å²) >= 11 is 0. The Morgan fingerprint density at radius 1 is 1.00 bits per heavy atom. The van der Waals surface area contributed by atoms with Crippen LogP contribution in [0.1, 0.15) is 31.1 Å². The lowest BCUT2D eigenvalue weighted by atomic mass is 10.1.